The predicted molar refractivity (Wildman–Crippen MR) is 363 cm³/mol. The Kier molecular flexibility index (Phi) is 42.1. The number of carbonyl (C=O) groups is 15. The maximum atomic E-state index is 13.3. The Hall–Kier alpha value is -5.96. The van der Waals surface area contributed by atoms with Gasteiger partial charge in [-0.25, -0.2) is 0 Å². The fourth-order valence-corrected chi connectivity index (χ4v) is 14.0. The molecule has 0 aromatic rings. The minimum Gasteiger partial charge on any atom is -0.378 e. The zero-order valence-corrected chi connectivity index (χ0v) is 60.6. The number of hydrogen-bond acceptors (Lipinski definition) is 24. The summed E-state index contributed by atoms with van der Waals surface area (Å²) in [6.45, 7) is 6.28. The molecule has 0 aromatic heterocycles. The van der Waals surface area contributed by atoms with E-state index in [0.29, 0.717) is 69.7 Å². The molecule has 4 fully saturated rings. The molecule has 7 atom stereocenters. The summed E-state index contributed by atoms with van der Waals surface area (Å²) in [5.74, 6) is -5.16. The third kappa shape index (κ3) is 34.5. The van der Waals surface area contributed by atoms with Gasteiger partial charge in [-0.15, -0.1) is 32.6 Å². The Morgan fingerprint density at radius 2 is 0.889 bits per heavy atom. The molecular formula is C63H101N10O22P2S2+. The first-order valence-corrected chi connectivity index (χ1v) is 38.6. The summed E-state index contributed by atoms with van der Waals surface area (Å²) < 4.78 is 38.1. The lowest BCUT2D eigenvalue weighted by Gasteiger charge is -2.20. The third-order valence-electron chi connectivity index (χ3n) is 16.2. The highest BCUT2D eigenvalue weighted by molar-refractivity contribution is 8.00. The summed E-state index contributed by atoms with van der Waals surface area (Å²) in [6.07, 6.45) is 9.16. The highest BCUT2D eigenvalue weighted by Crippen LogP contribution is 2.34. The molecule has 4 aliphatic heterocycles. The van der Waals surface area contributed by atoms with Crippen LogP contribution in [0.15, 0.2) is 0 Å². The molecule has 0 saturated carbocycles. The molecule has 556 valence electrons. The molecule has 0 radical (unpaired) electrons. The fraction of sp³-hybridized carbons (Fsp3) is 0.762. The van der Waals surface area contributed by atoms with E-state index in [4.69, 9.17) is 22.8 Å². The second kappa shape index (κ2) is 48.8. The minimum absolute atomic E-state index is 0.00140. The van der Waals surface area contributed by atoms with Crippen LogP contribution in [0.3, 0.4) is 0 Å². The van der Waals surface area contributed by atoms with Gasteiger partial charge in [-0.1, -0.05) is 46.0 Å². The van der Waals surface area contributed by atoms with E-state index < -0.39 is 86.6 Å². The molecule has 0 aliphatic carbocycles. The van der Waals surface area contributed by atoms with Gasteiger partial charge < -0.3 is 55.4 Å². The summed E-state index contributed by atoms with van der Waals surface area (Å²) in [5, 5.41) is 15.2. The predicted octanol–water partition coefficient (Wildman–Crippen LogP) is 2.52. The van der Waals surface area contributed by atoms with Crippen LogP contribution in [0.4, 0.5) is 0 Å². The van der Waals surface area contributed by atoms with Gasteiger partial charge in [-0.2, -0.15) is 0 Å². The topological polar surface area (TPSA) is 425 Å². The van der Waals surface area contributed by atoms with Crippen molar-refractivity contribution in [2.45, 2.75) is 185 Å². The normalized spacial score (nSPS) is 18.6. The van der Waals surface area contributed by atoms with E-state index in [1.165, 1.54) is 23.5 Å². The van der Waals surface area contributed by atoms with Crippen LogP contribution in [-0.2, 0) is 99.3 Å². The number of likely N-dealkylation sites (tertiary alicyclic amines) is 4. The molecule has 4 aliphatic rings. The molecule has 6 unspecified atom stereocenters. The number of unbranched alkanes of at least 4 members (excludes halogenated alkanes) is 8. The fourth-order valence-electron chi connectivity index (χ4n) is 10.6. The maximum Gasteiger partial charge on any atom is 0.697 e. The van der Waals surface area contributed by atoms with Crippen LogP contribution in [0, 0.1) is 11.8 Å². The smallest absolute Gasteiger partial charge is 0.378 e. The van der Waals surface area contributed by atoms with Gasteiger partial charge in [0.25, 0.3) is 0 Å². The maximum absolute atomic E-state index is 13.3. The van der Waals surface area contributed by atoms with Crippen molar-refractivity contribution >= 4 is 129 Å². The van der Waals surface area contributed by atoms with Crippen LogP contribution in [0.2, 0.25) is 0 Å². The molecule has 0 aromatic carbocycles. The van der Waals surface area contributed by atoms with E-state index in [1.807, 2.05) is 0 Å². The SMILES string of the molecule is CC(=O)CCCCCCCOP(O)OCCO[P+](=O)OCCCSC1CC(=O)N(CCC(=O)NCCOCCNC(=O)CCN2C(=O)CC(SCCC(=O)NCCCCCCNC(=O)[C@H](CCCCNC(=O)CCN3C(=O)CC(C)C3=O)NC(=O)CCN3C(=O)CC(C)C3=O)C2=O)C1=O. The van der Waals surface area contributed by atoms with E-state index in [1.54, 1.807) is 20.8 Å². The molecule has 4 saturated heterocycles. The number of Topliss-reactive ketones (excluding diaryl/α,β-unsaturated/α-hetero) is 1. The monoisotopic (exact) mass is 1480 g/mol. The quantitative estimate of drug-likeness (QED) is 0.0261. The van der Waals surface area contributed by atoms with Crippen LogP contribution >= 0.6 is 40.4 Å². The van der Waals surface area contributed by atoms with Crippen molar-refractivity contribution in [2.24, 2.45) is 11.8 Å². The van der Waals surface area contributed by atoms with E-state index in [-0.39, 0.29) is 190 Å². The highest BCUT2D eigenvalue weighted by atomic mass is 32.2. The van der Waals surface area contributed by atoms with Crippen molar-refractivity contribution < 1.29 is 104 Å². The highest BCUT2D eigenvalue weighted by Gasteiger charge is 2.41. The van der Waals surface area contributed by atoms with E-state index >= 15 is 0 Å². The van der Waals surface area contributed by atoms with Crippen molar-refractivity contribution in [3.05, 3.63) is 0 Å². The number of carbonyl (C=O) groups excluding carboxylic acids is 15. The Bertz CT molecular complexity index is 2760. The number of ketones is 1. The van der Waals surface area contributed by atoms with Crippen molar-refractivity contribution in [3.8, 4) is 0 Å². The number of imide groups is 4. The zero-order chi connectivity index (χ0) is 72.5. The van der Waals surface area contributed by atoms with Crippen LogP contribution in [0.25, 0.3) is 0 Å². The number of amides is 14. The number of rotatable bonds is 56. The molecule has 4 heterocycles. The van der Waals surface area contributed by atoms with Gasteiger partial charge in [0, 0.05) is 145 Å². The molecule has 0 spiro atoms. The number of thioether (sulfide) groups is 2. The van der Waals surface area contributed by atoms with E-state index in [2.05, 4.69) is 31.9 Å². The summed E-state index contributed by atoms with van der Waals surface area (Å²) in [4.78, 5) is 201. The van der Waals surface area contributed by atoms with Gasteiger partial charge in [-0.05, 0) is 64.0 Å². The summed E-state index contributed by atoms with van der Waals surface area (Å²) in [6, 6.07) is -0.923. The second-order valence-electron chi connectivity index (χ2n) is 24.3. The average Bonchev–Trinajstić information content (AvgIpc) is 1.73. The van der Waals surface area contributed by atoms with Crippen molar-refractivity contribution in [2.75, 3.05) is 110 Å². The summed E-state index contributed by atoms with van der Waals surface area (Å²) in [5.41, 5.74) is 0. The Balaban J connectivity index is 0.956. The van der Waals surface area contributed by atoms with Gasteiger partial charge in [-0.3, -0.25) is 86.7 Å². The van der Waals surface area contributed by atoms with Gasteiger partial charge in [0.05, 0.1) is 36.9 Å². The van der Waals surface area contributed by atoms with Crippen molar-refractivity contribution in [1.29, 1.82) is 0 Å². The van der Waals surface area contributed by atoms with Crippen LogP contribution in [0.5, 0.6) is 0 Å². The Morgan fingerprint density at radius 3 is 1.41 bits per heavy atom. The Morgan fingerprint density at radius 1 is 0.465 bits per heavy atom. The molecule has 7 N–H and O–H groups in total. The molecular weight excluding hydrogens is 1370 g/mol. The number of ether oxygens (including phenoxy) is 1. The standard InChI is InChI=1S/C63H100N10O22P2S2/c1-44-40-55(80)70(60(44)85)28-18-50(75)64-24-13-10-17-47(69-54(79)21-31-71-56(81)41-45(2)61(71)86)59(84)68-25-12-7-6-11-23-65-53(78)22-39-99-49-43-58(83)73(63(49)88)30-20-52(77)67-27-35-91-34-26-66-51(76)19-29-72-57(82)42-48(62(72)87)98-38-15-33-93-97(90)95-37-36-94-96(89)92-32-14-8-4-5-9-16-46(3)74/h44-45,47-49,89H,4-43H2,1-3H3,(H5-,64,65,66,67,68,69,75,76,77,78,79,84)/p+1/t44?,45?,47-,48?,49?,96?/m0/s1. The largest absolute Gasteiger partial charge is 0.697 e. The number of nitrogens with zero attached hydrogens (tertiary/aromatic N) is 4. The lowest BCUT2D eigenvalue weighted by Crippen LogP contribution is -2.47. The van der Waals surface area contributed by atoms with Gasteiger partial charge in [0.2, 0.25) is 82.7 Å². The van der Waals surface area contributed by atoms with E-state index in [9.17, 15) is 81.4 Å². The first-order valence-electron chi connectivity index (χ1n) is 34.2. The number of nitrogens with one attached hydrogen (secondary N) is 6. The molecule has 0 bridgehead atoms. The van der Waals surface area contributed by atoms with Gasteiger partial charge >= 0.3 is 16.9 Å². The lowest BCUT2D eigenvalue weighted by atomic mass is 10.1. The van der Waals surface area contributed by atoms with Gasteiger partial charge in [0.15, 0.2) is 0 Å². The first kappa shape index (κ1) is 85.5. The molecule has 99 heavy (non-hydrogen) atoms. The molecule has 36 heteroatoms. The second-order valence-corrected chi connectivity index (χ2v) is 28.9. The first-order chi connectivity index (χ1) is 47.4. The van der Waals surface area contributed by atoms with Crippen molar-refractivity contribution in [3.63, 3.8) is 0 Å². The lowest BCUT2D eigenvalue weighted by molar-refractivity contribution is -0.141. The Labute approximate surface area is 588 Å². The zero-order valence-electron chi connectivity index (χ0n) is 57.2. The van der Waals surface area contributed by atoms with Crippen LogP contribution in [0.1, 0.15) is 168 Å². The summed E-state index contributed by atoms with van der Waals surface area (Å²) >= 11 is 2.46. The molecule has 14 amide bonds. The average molecular weight is 1480 g/mol. The minimum atomic E-state index is -2.44. The molecule has 4 rings (SSSR count). The molecule has 32 nitrogen and oxygen atoms in total. The van der Waals surface area contributed by atoms with Crippen LogP contribution in [-0.4, -0.2) is 240 Å². The number of hydrogen-bond donors (Lipinski definition) is 7. The summed E-state index contributed by atoms with van der Waals surface area (Å²) in [7, 11) is -4.54. The van der Waals surface area contributed by atoms with Gasteiger partial charge in [0.1, 0.15) is 25.0 Å². The third-order valence-corrected chi connectivity index (χ3v) is 20.3. The van der Waals surface area contributed by atoms with E-state index in [0.717, 1.165) is 64.5 Å². The van der Waals surface area contributed by atoms with Crippen molar-refractivity contribution in [1.82, 2.24) is 51.5 Å². The van der Waals surface area contributed by atoms with Crippen LogP contribution < -0.4 is 31.9 Å².